The molecule has 2 amide bonds. The second kappa shape index (κ2) is 10.6. The molecule has 0 bridgehead atoms. The third-order valence-corrected chi connectivity index (χ3v) is 6.44. The highest BCUT2D eigenvalue weighted by Crippen LogP contribution is 2.25. The van der Waals surface area contributed by atoms with Gasteiger partial charge in [-0.3, -0.25) is 9.59 Å². The van der Waals surface area contributed by atoms with E-state index in [9.17, 15) is 14.0 Å². The molecule has 2 saturated heterocycles. The first-order chi connectivity index (χ1) is 16.3. The fourth-order valence-corrected chi connectivity index (χ4v) is 4.60. The van der Waals surface area contributed by atoms with E-state index in [1.807, 2.05) is 48.5 Å². The highest BCUT2D eigenvalue weighted by molar-refractivity contribution is 5.97. The average molecular weight is 468 g/mol. The number of piperazine rings is 1. The lowest BCUT2D eigenvalue weighted by Gasteiger charge is -2.34. The fourth-order valence-electron chi connectivity index (χ4n) is 4.60. The smallest absolute Gasteiger partial charge is 0.254 e. The summed E-state index contributed by atoms with van der Waals surface area (Å²) in [4.78, 5) is 27.9. The summed E-state index contributed by atoms with van der Waals surface area (Å²) in [7, 11) is 0. The van der Waals surface area contributed by atoms with Crippen LogP contribution in [-0.4, -0.2) is 73.2 Å². The standard InChI is InChI=1S/C27H34FN3O3/c1-27(2,28)19-30-14-11-20(12-15-30)18-34-24-9-7-22(8-10-24)21-3-5-23(6-4-21)26(33)31-16-13-29-25(32)17-31/h3-10,20H,11-19H2,1-2H3,(H,29,32). The molecule has 1 N–H and O–H groups in total. The van der Waals surface area contributed by atoms with E-state index in [0.717, 1.165) is 42.8 Å². The highest BCUT2D eigenvalue weighted by Gasteiger charge is 2.25. The highest BCUT2D eigenvalue weighted by atomic mass is 19.1. The number of nitrogens with zero attached hydrogens (tertiary/aromatic N) is 2. The number of hydrogen-bond donors (Lipinski definition) is 1. The molecular weight excluding hydrogens is 433 g/mol. The van der Waals surface area contributed by atoms with Gasteiger partial charge < -0.3 is 19.9 Å². The molecule has 2 aromatic rings. The van der Waals surface area contributed by atoms with Gasteiger partial charge in [0, 0.05) is 25.2 Å². The third kappa shape index (κ3) is 6.56. The van der Waals surface area contributed by atoms with Crippen LogP contribution >= 0.6 is 0 Å². The molecule has 2 aliphatic rings. The van der Waals surface area contributed by atoms with Crippen LogP contribution in [0.25, 0.3) is 11.1 Å². The normalized spacial score (nSPS) is 18.0. The van der Waals surface area contributed by atoms with Crippen LogP contribution in [0.2, 0.25) is 0 Å². The quantitative estimate of drug-likeness (QED) is 0.674. The van der Waals surface area contributed by atoms with Gasteiger partial charge in [-0.05, 0) is 81.1 Å². The van der Waals surface area contributed by atoms with Crippen molar-refractivity contribution in [1.82, 2.24) is 15.1 Å². The van der Waals surface area contributed by atoms with Gasteiger partial charge in [-0.25, -0.2) is 4.39 Å². The molecule has 6 nitrogen and oxygen atoms in total. The van der Waals surface area contributed by atoms with Crippen LogP contribution < -0.4 is 10.1 Å². The molecule has 0 spiro atoms. The molecule has 4 rings (SSSR count). The van der Waals surface area contributed by atoms with Gasteiger partial charge in [-0.2, -0.15) is 0 Å². The minimum Gasteiger partial charge on any atom is -0.493 e. The summed E-state index contributed by atoms with van der Waals surface area (Å²) in [6.45, 7) is 7.41. The summed E-state index contributed by atoms with van der Waals surface area (Å²) in [5.74, 6) is 1.09. The zero-order chi connectivity index (χ0) is 24.1. The Bertz CT molecular complexity index is 978. The second-order valence-electron chi connectivity index (χ2n) is 9.93. The Morgan fingerprint density at radius 3 is 2.24 bits per heavy atom. The summed E-state index contributed by atoms with van der Waals surface area (Å²) in [5, 5.41) is 2.73. The maximum Gasteiger partial charge on any atom is 0.254 e. The van der Waals surface area contributed by atoms with E-state index in [1.165, 1.54) is 0 Å². The van der Waals surface area contributed by atoms with Gasteiger partial charge in [0.2, 0.25) is 5.91 Å². The number of likely N-dealkylation sites (tertiary alicyclic amines) is 1. The van der Waals surface area contributed by atoms with Crippen molar-refractivity contribution in [3.63, 3.8) is 0 Å². The average Bonchev–Trinajstić information content (AvgIpc) is 2.83. The fraction of sp³-hybridized carbons (Fsp3) is 0.481. The van der Waals surface area contributed by atoms with Crippen LogP contribution in [0.3, 0.4) is 0 Å². The number of carbonyl (C=O) groups excluding carboxylic acids is 2. The van der Waals surface area contributed by atoms with E-state index >= 15 is 0 Å². The van der Waals surface area contributed by atoms with E-state index < -0.39 is 5.67 Å². The van der Waals surface area contributed by atoms with E-state index in [2.05, 4.69) is 10.2 Å². The lowest BCUT2D eigenvalue weighted by molar-refractivity contribution is -0.123. The molecule has 2 fully saturated rings. The number of benzene rings is 2. The molecule has 2 heterocycles. The topological polar surface area (TPSA) is 61.9 Å². The number of alkyl halides is 1. The molecule has 0 atom stereocenters. The molecule has 0 unspecified atom stereocenters. The van der Waals surface area contributed by atoms with Crippen molar-refractivity contribution in [2.24, 2.45) is 5.92 Å². The number of halogens is 1. The lowest BCUT2D eigenvalue weighted by atomic mass is 9.97. The van der Waals surface area contributed by atoms with Crippen molar-refractivity contribution in [3.05, 3.63) is 54.1 Å². The van der Waals surface area contributed by atoms with E-state index in [0.29, 0.717) is 37.7 Å². The first kappa shape index (κ1) is 24.2. The van der Waals surface area contributed by atoms with Crippen molar-refractivity contribution in [2.45, 2.75) is 32.4 Å². The predicted octanol–water partition coefficient (Wildman–Crippen LogP) is 3.76. The van der Waals surface area contributed by atoms with Gasteiger partial charge in [0.25, 0.3) is 5.91 Å². The van der Waals surface area contributed by atoms with Crippen molar-refractivity contribution < 1.29 is 18.7 Å². The summed E-state index contributed by atoms with van der Waals surface area (Å²) in [5.41, 5.74) is 1.50. The monoisotopic (exact) mass is 467 g/mol. The van der Waals surface area contributed by atoms with Crippen LogP contribution in [0.15, 0.2) is 48.5 Å². The molecular formula is C27H34FN3O3. The van der Waals surface area contributed by atoms with E-state index in [1.54, 1.807) is 18.7 Å². The summed E-state index contributed by atoms with van der Waals surface area (Å²) in [6, 6.07) is 15.5. The minimum absolute atomic E-state index is 0.108. The number of carbonyl (C=O) groups is 2. The zero-order valence-electron chi connectivity index (χ0n) is 20.1. The van der Waals surface area contributed by atoms with Crippen LogP contribution in [0.4, 0.5) is 4.39 Å². The summed E-state index contributed by atoms with van der Waals surface area (Å²) >= 11 is 0. The van der Waals surface area contributed by atoms with Crippen molar-refractivity contribution >= 4 is 11.8 Å². The van der Waals surface area contributed by atoms with E-state index in [4.69, 9.17) is 4.74 Å². The SMILES string of the molecule is CC(C)(F)CN1CCC(COc2ccc(-c3ccc(C(=O)N4CCNC(=O)C4)cc3)cc2)CC1. The Balaban J connectivity index is 1.27. The molecule has 182 valence electrons. The van der Waals surface area contributed by atoms with Crippen molar-refractivity contribution in [2.75, 3.05) is 45.9 Å². The Morgan fingerprint density at radius 1 is 1.03 bits per heavy atom. The van der Waals surface area contributed by atoms with Gasteiger partial charge >= 0.3 is 0 Å². The largest absolute Gasteiger partial charge is 0.493 e. The number of rotatable bonds is 7. The lowest BCUT2D eigenvalue weighted by Crippen LogP contribution is -2.49. The molecule has 0 aliphatic carbocycles. The van der Waals surface area contributed by atoms with Crippen LogP contribution in [0, 0.1) is 5.92 Å². The maximum absolute atomic E-state index is 13.8. The first-order valence-electron chi connectivity index (χ1n) is 12.1. The second-order valence-corrected chi connectivity index (χ2v) is 9.93. The summed E-state index contributed by atoms with van der Waals surface area (Å²) < 4.78 is 19.9. The van der Waals surface area contributed by atoms with Gasteiger partial charge in [-0.1, -0.05) is 24.3 Å². The Labute approximate surface area is 201 Å². The Kier molecular flexibility index (Phi) is 7.51. The van der Waals surface area contributed by atoms with E-state index in [-0.39, 0.29) is 18.4 Å². The maximum atomic E-state index is 13.8. The predicted molar refractivity (Wildman–Crippen MR) is 131 cm³/mol. The minimum atomic E-state index is -1.15. The molecule has 2 aromatic carbocycles. The van der Waals surface area contributed by atoms with Crippen molar-refractivity contribution in [3.8, 4) is 16.9 Å². The number of ether oxygens (including phenoxy) is 1. The van der Waals surface area contributed by atoms with Crippen LogP contribution in [0.1, 0.15) is 37.0 Å². The zero-order valence-corrected chi connectivity index (χ0v) is 20.1. The molecule has 0 saturated carbocycles. The van der Waals surface area contributed by atoms with Crippen molar-refractivity contribution in [1.29, 1.82) is 0 Å². The Morgan fingerprint density at radius 2 is 1.65 bits per heavy atom. The van der Waals surface area contributed by atoms with Crippen LogP contribution in [-0.2, 0) is 4.79 Å². The molecule has 0 aromatic heterocycles. The number of amides is 2. The molecule has 0 radical (unpaired) electrons. The van der Waals surface area contributed by atoms with Gasteiger partial charge in [0.05, 0.1) is 13.2 Å². The number of nitrogens with one attached hydrogen (secondary N) is 1. The Hall–Kier alpha value is -2.93. The molecule has 7 heteroatoms. The van der Waals surface area contributed by atoms with Gasteiger partial charge in [0.1, 0.15) is 11.4 Å². The van der Waals surface area contributed by atoms with Gasteiger partial charge in [-0.15, -0.1) is 0 Å². The van der Waals surface area contributed by atoms with Crippen LogP contribution in [0.5, 0.6) is 5.75 Å². The molecule has 2 aliphatic heterocycles. The molecule has 34 heavy (non-hydrogen) atoms. The summed E-state index contributed by atoms with van der Waals surface area (Å²) in [6.07, 6.45) is 2.06. The number of piperidine rings is 1. The first-order valence-corrected chi connectivity index (χ1v) is 12.1. The third-order valence-electron chi connectivity index (χ3n) is 6.44. The van der Waals surface area contributed by atoms with Gasteiger partial charge in [0.15, 0.2) is 0 Å². The number of hydrogen-bond acceptors (Lipinski definition) is 4.